The molecule has 2 aliphatic rings. The summed E-state index contributed by atoms with van der Waals surface area (Å²) in [6.07, 6.45) is 1.61. The molecule has 168 valence electrons. The molecule has 0 bridgehead atoms. The topological polar surface area (TPSA) is 101 Å². The van der Waals surface area contributed by atoms with Crippen molar-refractivity contribution in [2.45, 2.75) is 25.4 Å². The number of fused-ring (bicyclic) bond motifs is 4. The maximum atomic E-state index is 14.4. The summed E-state index contributed by atoms with van der Waals surface area (Å²) in [5.74, 6) is -0.406. The van der Waals surface area contributed by atoms with Gasteiger partial charge in [0.25, 0.3) is 5.56 Å². The number of allylic oxidation sites excluding steroid dienone is 1. The molecular formula is C27H22N4O3. The van der Waals surface area contributed by atoms with E-state index >= 15 is 0 Å². The first-order valence-electron chi connectivity index (χ1n) is 10.8. The fourth-order valence-corrected chi connectivity index (χ4v) is 5.00. The van der Waals surface area contributed by atoms with Gasteiger partial charge in [-0.05, 0) is 18.6 Å². The lowest BCUT2D eigenvalue weighted by Crippen LogP contribution is -2.49. The second-order valence-electron chi connectivity index (χ2n) is 8.33. The van der Waals surface area contributed by atoms with E-state index in [1.54, 1.807) is 36.1 Å². The number of hydrogen-bond donors (Lipinski definition) is 1. The van der Waals surface area contributed by atoms with Gasteiger partial charge in [0, 0.05) is 29.6 Å². The van der Waals surface area contributed by atoms with Crippen LogP contribution in [0.25, 0.3) is 0 Å². The molecular weight excluding hydrogens is 428 g/mol. The molecule has 0 radical (unpaired) electrons. The summed E-state index contributed by atoms with van der Waals surface area (Å²) in [5.41, 5.74) is 6.81. The normalized spacial score (nSPS) is 18.4. The van der Waals surface area contributed by atoms with E-state index in [0.717, 1.165) is 5.56 Å². The van der Waals surface area contributed by atoms with Crippen molar-refractivity contribution in [3.05, 3.63) is 118 Å². The maximum absolute atomic E-state index is 14.4. The highest BCUT2D eigenvalue weighted by molar-refractivity contribution is 6.14. The number of hydrogen-bond acceptors (Lipinski definition) is 5. The minimum absolute atomic E-state index is 0.0842. The maximum Gasteiger partial charge on any atom is 0.259 e. The van der Waals surface area contributed by atoms with Gasteiger partial charge in [0.05, 0.1) is 12.1 Å². The molecule has 0 fully saturated rings. The molecule has 7 nitrogen and oxygen atoms in total. The zero-order chi connectivity index (χ0) is 24.0. The average molecular weight is 450 g/mol. The van der Waals surface area contributed by atoms with Crippen molar-refractivity contribution in [3.8, 4) is 11.8 Å². The van der Waals surface area contributed by atoms with E-state index in [9.17, 15) is 14.9 Å². The van der Waals surface area contributed by atoms with E-state index in [-0.39, 0.29) is 35.9 Å². The van der Waals surface area contributed by atoms with Crippen LogP contribution < -0.4 is 20.9 Å². The number of carbonyl (C=O) groups is 1. The fraction of sp³-hybridized carbons (Fsp3) is 0.148. The van der Waals surface area contributed by atoms with Gasteiger partial charge in [-0.1, -0.05) is 54.6 Å². The number of nitrogens with zero attached hydrogens (tertiary/aromatic N) is 3. The molecule has 2 aliphatic heterocycles. The third-order valence-electron chi connectivity index (χ3n) is 6.46. The van der Waals surface area contributed by atoms with Gasteiger partial charge in [-0.3, -0.25) is 9.59 Å². The SMILES string of the molecule is C=CCn1c(C)cc2c(c1=O)C1(C(=O)N(Cc3ccccc3)c3ccccc31)C(C#N)=C(N)O2. The van der Waals surface area contributed by atoms with Crippen molar-refractivity contribution in [3.63, 3.8) is 0 Å². The van der Waals surface area contributed by atoms with E-state index in [4.69, 9.17) is 10.5 Å². The molecule has 1 unspecified atom stereocenters. The smallest absolute Gasteiger partial charge is 0.259 e. The Labute approximate surface area is 196 Å². The van der Waals surface area contributed by atoms with E-state index in [2.05, 4.69) is 12.6 Å². The highest BCUT2D eigenvalue weighted by Gasteiger charge is 2.60. The largest absolute Gasteiger partial charge is 0.440 e. The summed E-state index contributed by atoms with van der Waals surface area (Å²) < 4.78 is 7.28. The van der Waals surface area contributed by atoms with Gasteiger partial charge in [0.15, 0.2) is 5.41 Å². The van der Waals surface area contributed by atoms with Crippen LogP contribution in [0.1, 0.15) is 22.4 Å². The molecule has 0 saturated carbocycles. The van der Waals surface area contributed by atoms with Crippen molar-refractivity contribution in [2.24, 2.45) is 5.73 Å². The third-order valence-corrected chi connectivity index (χ3v) is 6.46. The second kappa shape index (κ2) is 7.78. The molecule has 0 aliphatic carbocycles. The lowest BCUT2D eigenvalue weighted by Gasteiger charge is -2.34. The molecule has 1 spiro atoms. The Balaban J connectivity index is 1.86. The second-order valence-corrected chi connectivity index (χ2v) is 8.33. The standard InChI is InChI=1S/C27H22N4O3/c1-3-13-30-17(2)14-22-23(25(30)32)27(20(15-28)24(29)34-22)19-11-7-8-12-21(19)31(26(27)33)16-18-9-5-4-6-10-18/h3-12,14H,1,13,16,29H2,2H3. The van der Waals surface area contributed by atoms with E-state index in [1.165, 1.54) is 4.57 Å². The molecule has 1 amide bonds. The molecule has 34 heavy (non-hydrogen) atoms. The summed E-state index contributed by atoms with van der Waals surface area (Å²) in [5, 5.41) is 10.2. The van der Waals surface area contributed by atoms with Crippen LogP contribution in [0.2, 0.25) is 0 Å². The molecule has 7 heteroatoms. The van der Waals surface area contributed by atoms with Crippen molar-refractivity contribution in [1.82, 2.24) is 4.57 Å². The highest BCUT2D eigenvalue weighted by atomic mass is 16.5. The highest BCUT2D eigenvalue weighted by Crippen LogP contribution is 2.54. The number of amides is 1. The number of aryl methyl sites for hydroxylation is 1. The fourth-order valence-electron chi connectivity index (χ4n) is 5.00. The number of ether oxygens (including phenoxy) is 1. The number of anilines is 1. The first-order valence-corrected chi connectivity index (χ1v) is 10.8. The van der Waals surface area contributed by atoms with Crippen LogP contribution >= 0.6 is 0 Å². The van der Waals surface area contributed by atoms with Crippen molar-refractivity contribution < 1.29 is 9.53 Å². The van der Waals surface area contributed by atoms with Gasteiger partial charge in [0.2, 0.25) is 11.8 Å². The summed E-state index contributed by atoms with van der Waals surface area (Å²) in [6.45, 7) is 6.04. The van der Waals surface area contributed by atoms with Gasteiger partial charge >= 0.3 is 0 Å². The van der Waals surface area contributed by atoms with Gasteiger partial charge < -0.3 is 19.9 Å². The van der Waals surface area contributed by atoms with Crippen LogP contribution in [-0.2, 0) is 23.3 Å². The Morgan fingerprint density at radius 2 is 1.85 bits per heavy atom. The number of carbonyl (C=O) groups excluding carboxylic acids is 1. The summed E-state index contributed by atoms with van der Waals surface area (Å²) in [7, 11) is 0. The van der Waals surface area contributed by atoms with Gasteiger partial charge in [0.1, 0.15) is 17.4 Å². The minimum Gasteiger partial charge on any atom is -0.440 e. The first-order chi connectivity index (χ1) is 16.4. The number of pyridine rings is 1. The van der Waals surface area contributed by atoms with Crippen LogP contribution in [0.4, 0.5) is 5.69 Å². The molecule has 1 atom stereocenters. The van der Waals surface area contributed by atoms with Crippen molar-refractivity contribution >= 4 is 11.6 Å². The Kier molecular flexibility index (Phi) is 4.87. The van der Waals surface area contributed by atoms with Crippen LogP contribution in [0.15, 0.2) is 89.6 Å². The number of nitrogens with two attached hydrogens (primary N) is 1. The number of nitriles is 1. The Morgan fingerprint density at radius 1 is 1.15 bits per heavy atom. The summed E-state index contributed by atoms with van der Waals surface area (Å²) in [6, 6.07) is 20.5. The molecule has 0 saturated heterocycles. The molecule has 1 aromatic heterocycles. The van der Waals surface area contributed by atoms with E-state index in [1.807, 2.05) is 42.5 Å². The van der Waals surface area contributed by atoms with Crippen LogP contribution in [0.5, 0.6) is 5.75 Å². The van der Waals surface area contributed by atoms with Crippen LogP contribution in [0, 0.1) is 18.3 Å². The van der Waals surface area contributed by atoms with Crippen LogP contribution in [-0.4, -0.2) is 10.5 Å². The summed E-state index contributed by atoms with van der Waals surface area (Å²) in [4.78, 5) is 29.9. The van der Waals surface area contributed by atoms with Gasteiger partial charge in [-0.15, -0.1) is 6.58 Å². The Hall–Kier alpha value is -4.57. The monoisotopic (exact) mass is 450 g/mol. The molecule has 2 aromatic carbocycles. The van der Waals surface area contributed by atoms with Gasteiger partial charge in [-0.2, -0.15) is 5.26 Å². The van der Waals surface area contributed by atoms with E-state index < -0.39 is 16.9 Å². The van der Waals surface area contributed by atoms with Crippen molar-refractivity contribution in [2.75, 3.05) is 4.90 Å². The van der Waals surface area contributed by atoms with Gasteiger partial charge in [-0.25, -0.2) is 0 Å². The molecule has 3 aromatic rings. The van der Waals surface area contributed by atoms with Crippen LogP contribution in [0.3, 0.4) is 0 Å². The quantitative estimate of drug-likeness (QED) is 0.615. The minimum atomic E-state index is -1.70. The number of benzene rings is 2. The van der Waals surface area contributed by atoms with Crippen molar-refractivity contribution in [1.29, 1.82) is 5.26 Å². The zero-order valence-electron chi connectivity index (χ0n) is 18.6. The lowest BCUT2D eigenvalue weighted by molar-refractivity contribution is -0.121. The predicted molar refractivity (Wildman–Crippen MR) is 128 cm³/mol. The summed E-state index contributed by atoms with van der Waals surface area (Å²) >= 11 is 0. The molecule has 2 N–H and O–H groups in total. The number of aromatic nitrogens is 1. The molecule has 5 rings (SSSR count). The number of para-hydroxylation sites is 1. The number of rotatable bonds is 4. The zero-order valence-corrected chi connectivity index (χ0v) is 18.6. The Morgan fingerprint density at radius 3 is 2.56 bits per heavy atom. The Bertz CT molecular complexity index is 1480. The van der Waals surface area contributed by atoms with E-state index in [0.29, 0.717) is 16.9 Å². The first kappa shape index (κ1) is 21.3. The average Bonchev–Trinajstić information content (AvgIpc) is 3.06. The predicted octanol–water partition coefficient (Wildman–Crippen LogP) is 3.26. The third kappa shape index (κ3) is 2.75. The lowest BCUT2D eigenvalue weighted by atomic mass is 9.69. The molecule has 3 heterocycles.